The largest absolute Gasteiger partial charge is 0.468 e. The normalized spacial score (nSPS) is 10.5. The number of ether oxygens (including phenoxy) is 1. The molecule has 0 radical (unpaired) electrons. The third kappa shape index (κ3) is 4.39. The van der Waals surface area contributed by atoms with Crippen LogP contribution in [0.15, 0.2) is 17.5 Å². The first-order chi connectivity index (χ1) is 6.72. The Morgan fingerprint density at radius 2 is 2.50 bits per heavy atom. The zero-order valence-electron chi connectivity index (χ0n) is 7.90. The molecule has 1 aromatic heterocycles. The lowest BCUT2D eigenvalue weighted by atomic mass is 10.3. The number of hydrogen-bond donors (Lipinski definition) is 0. The number of hydrogen-bond acceptors (Lipinski definition) is 4. The number of methoxy groups -OCH3 is 1. The van der Waals surface area contributed by atoms with Crippen molar-refractivity contribution in [3.8, 4) is 0 Å². The van der Waals surface area contributed by atoms with E-state index in [0.29, 0.717) is 6.54 Å². The molecular weight excluding hydrogens is 313 g/mol. The summed E-state index contributed by atoms with van der Waals surface area (Å²) in [6.45, 7) is 1.22. The van der Waals surface area contributed by atoms with Gasteiger partial charge in [0.1, 0.15) is 6.54 Å². The molecule has 0 saturated carbocycles. The fourth-order valence-corrected chi connectivity index (χ4v) is 2.19. The summed E-state index contributed by atoms with van der Waals surface area (Å²) in [6.07, 6.45) is 0.984. The van der Waals surface area contributed by atoms with Gasteiger partial charge in [0.05, 0.1) is 7.11 Å². The van der Waals surface area contributed by atoms with Crippen LogP contribution in [0.4, 0.5) is 0 Å². The van der Waals surface area contributed by atoms with Crippen molar-refractivity contribution in [3.05, 3.63) is 22.4 Å². The molecule has 0 aliphatic heterocycles. The smallest absolute Gasteiger partial charge is 0.320 e. The topological polar surface area (TPSA) is 29.5 Å². The molecule has 0 saturated heterocycles. The molecule has 3 nitrogen and oxygen atoms in total. The van der Waals surface area contributed by atoms with Crippen LogP contribution in [0.5, 0.6) is 0 Å². The van der Waals surface area contributed by atoms with E-state index in [2.05, 4.69) is 39.0 Å². The lowest BCUT2D eigenvalue weighted by Gasteiger charge is -2.11. The number of carbonyl (C=O) groups excluding carboxylic acids is 1. The maximum atomic E-state index is 10.9. The number of nitrogens with zero attached hydrogens (tertiary/aromatic N) is 1. The van der Waals surface area contributed by atoms with Gasteiger partial charge in [-0.25, -0.2) is 3.11 Å². The maximum Gasteiger partial charge on any atom is 0.320 e. The minimum absolute atomic E-state index is 0.189. The van der Waals surface area contributed by atoms with Crippen LogP contribution in [-0.2, 0) is 16.0 Å². The van der Waals surface area contributed by atoms with Gasteiger partial charge in [0.2, 0.25) is 0 Å². The van der Waals surface area contributed by atoms with Gasteiger partial charge in [0.25, 0.3) is 0 Å². The molecule has 0 aromatic carbocycles. The number of carbonyl (C=O) groups is 1. The molecule has 0 atom stereocenters. The van der Waals surface area contributed by atoms with Gasteiger partial charge in [-0.05, 0) is 17.9 Å². The quantitative estimate of drug-likeness (QED) is 0.472. The lowest BCUT2D eigenvalue weighted by molar-refractivity contribution is -0.140. The van der Waals surface area contributed by atoms with Crippen molar-refractivity contribution < 1.29 is 9.53 Å². The van der Waals surface area contributed by atoms with Crippen LogP contribution in [0, 0.1) is 0 Å². The van der Waals surface area contributed by atoms with Crippen LogP contribution in [0.25, 0.3) is 0 Å². The highest BCUT2D eigenvalue weighted by Gasteiger charge is 2.07. The zero-order valence-corrected chi connectivity index (χ0v) is 10.9. The summed E-state index contributed by atoms with van der Waals surface area (Å²) in [5, 5.41) is 2.06. The number of thiophene rings is 1. The van der Waals surface area contributed by atoms with Gasteiger partial charge in [0.15, 0.2) is 0 Å². The summed E-state index contributed by atoms with van der Waals surface area (Å²) in [5.74, 6) is -0.189. The molecule has 0 unspecified atom stereocenters. The highest BCUT2D eigenvalue weighted by Crippen LogP contribution is 2.11. The summed E-state index contributed by atoms with van der Waals surface area (Å²) in [6, 6.07) is 4.14. The van der Waals surface area contributed by atoms with Gasteiger partial charge >= 0.3 is 5.97 Å². The van der Waals surface area contributed by atoms with Crippen LogP contribution >= 0.6 is 34.2 Å². The first-order valence-electron chi connectivity index (χ1n) is 4.22. The average molecular weight is 325 g/mol. The number of halogens is 1. The first kappa shape index (κ1) is 11.9. The SMILES string of the molecule is COC(=O)CN(I)CCc1cccs1. The third-order valence-electron chi connectivity index (χ3n) is 1.71. The van der Waals surface area contributed by atoms with E-state index in [1.54, 1.807) is 11.3 Å². The Morgan fingerprint density at radius 3 is 3.07 bits per heavy atom. The van der Waals surface area contributed by atoms with E-state index in [-0.39, 0.29) is 5.97 Å². The Balaban J connectivity index is 2.21. The van der Waals surface area contributed by atoms with Gasteiger partial charge < -0.3 is 4.74 Å². The van der Waals surface area contributed by atoms with E-state index in [1.807, 2.05) is 9.18 Å². The second-order valence-corrected chi connectivity index (χ2v) is 5.15. The first-order valence-corrected chi connectivity index (χ1v) is 6.06. The highest BCUT2D eigenvalue weighted by molar-refractivity contribution is 14.1. The van der Waals surface area contributed by atoms with E-state index in [0.717, 1.165) is 13.0 Å². The molecule has 0 spiro atoms. The van der Waals surface area contributed by atoms with Gasteiger partial charge in [-0.2, -0.15) is 0 Å². The molecule has 0 aliphatic carbocycles. The molecular formula is C9H12INO2S. The van der Waals surface area contributed by atoms with Crippen LogP contribution in [0.1, 0.15) is 4.88 Å². The highest BCUT2D eigenvalue weighted by atomic mass is 127. The van der Waals surface area contributed by atoms with Crippen LogP contribution in [-0.4, -0.2) is 29.3 Å². The van der Waals surface area contributed by atoms with E-state index in [1.165, 1.54) is 12.0 Å². The minimum Gasteiger partial charge on any atom is -0.468 e. The summed E-state index contributed by atoms with van der Waals surface area (Å²) in [5.41, 5.74) is 0. The molecule has 5 heteroatoms. The second kappa shape index (κ2) is 6.36. The Hall–Kier alpha value is -0.140. The van der Waals surface area contributed by atoms with Crippen molar-refractivity contribution in [1.82, 2.24) is 3.11 Å². The summed E-state index contributed by atoms with van der Waals surface area (Å²) in [4.78, 5) is 12.3. The standard InChI is InChI=1S/C9H12INO2S/c1-13-9(12)7-11(10)5-4-8-3-2-6-14-8/h2-3,6H,4-5,7H2,1H3. The molecule has 1 aromatic rings. The maximum absolute atomic E-state index is 10.9. The van der Waals surface area contributed by atoms with E-state index in [4.69, 9.17) is 0 Å². The van der Waals surface area contributed by atoms with E-state index >= 15 is 0 Å². The molecule has 0 N–H and O–H groups in total. The summed E-state index contributed by atoms with van der Waals surface area (Å²) < 4.78 is 6.51. The molecule has 1 rings (SSSR count). The lowest BCUT2D eigenvalue weighted by Crippen LogP contribution is -2.23. The Kier molecular flexibility index (Phi) is 5.42. The molecule has 1 heterocycles. The molecule has 0 fully saturated rings. The minimum atomic E-state index is -0.189. The summed E-state index contributed by atoms with van der Waals surface area (Å²) in [7, 11) is 1.41. The number of rotatable bonds is 5. The second-order valence-electron chi connectivity index (χ2n) is 2.75. The fourth-order valence-electron chi connectivity index (χ4n) is 0.970. The van der Waals surface area contributed by atoms with Gasteiger partial charge in [-0.15, -0.1) is 11.3 Å². The number of esters is 1. The Morgan fingerprint density at radius 1 is 1.71 bits per heavy atom. The van der Waals surface area contributed by atoms with Gasteiger partial charge in [-0.3, -0.25) is 4.79 Å². The van der Waals surface area contributed by atoms with Crippen molar-refractivity contribution in [1.29, 1.82) is 0 Å². The van der Waals surface area contributed by atoms with Crippen LogP contribution in [0.2, 0.25) is 0 Å². The average Bonchev–Trinajstić information content (AvgIpc) is 2.67. The van der Waals surface area contributed by atoms with Crippen LogP contribution in [0.3, 0.4) is 0 Å². The molecule has 78 valence electrons. The predicted octanol–water partition coefficient (Wildman–Crippen LogP) is 2.12. The molecule has 14 heavy (non-hydrogen) atoms. The summed E-state index contributed by atoms with van der Waals surface area (Å²) >= 11 is 3.89. The van der Waals surface area contributed by atoms with Crippen molar-refractivity contribution in [2.75, 3.05) is 20.2 Å². The molecule has 0 bridgehead atoms. The zero-order chi connectivity index (χ0) is 10.4. The monoisotopic (exact) mass is 325 g/mol. The Bertz CT molecular complexity index is 276. The third-order valence-corrected chi connectivity index (χ3v) is 3.47. The molecule has 0 amide bonds. The van der Waals surface area contributed by atoms with Crippen LogP contribution < -0.4 is 0 Å². The predicted molar refractivity (Wildman–Crippen MR) is 65.6 cm³/mol. The Labute approximate surface area is 102 Å². The van der Waals surface area contributed by atoms with Crippen molar-refractivity contribution in [2.45, 2.75) is 6.42 Å². The molecule has 0 aliphatic rings. The van der Waals surface area contributed by atoms with Gasteiger partial charge in [-0.1, -0.05) is 6.07 Å². The van der Waals surface area contributed by atoms with E-state index < -0.39 is 0 Å². The van der Waals surface area contributed by atoms with Crippen molar-refractivity contribution >= 4 is 40.2 Å². The van der Waals surface area contributed by atoms with Crippen molar-refractivity contribution in [3.63, 3.8) is 0 Å². The fraction of sp³-hybridized carbons (Fsp3) is 0.444. The van der Waals surface area contributed by atoms with Gasteiger partial charge in [0, 0.05) is 34.3 Å². The van der Waals surface area contributed by atoms with Crippen molar-refractivity contribution in [2.24, 2.45) is 0 Å². The van der Waals surface area contributed by atoms with E-state index in [9.17, 15) is 4.79 Å².